The molecule has 126 valence electrons. The van der Waals surface area contributed by atoms with E-state index in [2.05, 4.69) is 0 Å². The van der Waals surface area contributed by atoms with Gasteiger partial charge in [-0.25, -0.2) is 4.39 Å². The number of ether oxygens (including phenoxy) is 1. The van der Waals surface area contributed by atoms with Crippen LogP contribution < -0.4 is 4.74 Å². The van der Waals surface area contributed by atoms with E-state index in [9.17, 15) is 14.0 Å². The third kappa shape index (κ3) is 4.60. The highest BCUT2D eigenvalue weighted by Gasteiger charge is 2.33. The predicted molar refractivity (Wildman–Crippen MR) is 86.2 cm³/mol. The predicted octanol–water partition coefficient (Wildman–Crippen LogP) is 2.40. The van der Waals surface area contributed by atoms with Crippen LogP contribution in [0.1, 0.15) is 19.8 Å². The summed E-state index contributed by atoms with van der Waals surface area (Å²) in [5.74, 6) is -0.337. The maximum Gasteiger partial charge on any atom is 0.305 e. The Morgan fingerprint density at radius 3 is 2.87 bits per heavy atom. The highest BCUT2D eigenvalue weighted by Crippen LogP contribution is 2.23. The number of amides is 1. The van der Waals surface area contributed by atoms with Gasteiger partial charge in [-0.2, -0.15) is 11.8 Å². The molecule has 1 heterocycles. The van der Waals surface area contributed by atoms with Crippen molar-refractivity contribution in [3.63, 3.8) is 0 Å². The first kappa shape index (κ1) is 17.6. The molecular formula is C16H20FNO4S. The SMILES string of the molecule is CCC(Oc1ccccc1F)C(=O)N1CCSCC1CC(=O)O. The van der Waals surface area contributed by atoms with Crippen LogP contribution in [0.3, 0.4) is 0 Å². The number of thioether (sulfide) groups is 1. The Labute approximate surface area is 138 Å². The van der Waals surface area contributed by atoms with E-state index in [-0.39, 0.29) is 24.1 Å². The lowest BCUT2D eigenvalue weighted by Gasteiger charge is -2.36. The minimum absolute atomic E-state index is 0.0360. The summed E-state index contributed by atoms with van der Waals surface area (Å²) in [5.41, 5.74) is 0. The second kappa shape index (κ2) is 8.19. The lowest BCUT2D eigenvalue weighted by Crippen LogP contribution is -2.52. The fraction of sp³-hybridized carbons (Fsp3) is 0.500. The van der Waals surface area contributed by atoms with E-state index in [1.165, 1.54) is 12.1 Å². The Morgan fingerprint density at radius 2 is 2.22 bits per heavy atom. The zero-order chi connectivity index (χ0) is 16.8. The molecule has 2 unspecified atom stereocenters. The Bertz CT molecular complexity index is 569. The summed E-state index contributed by atoms with van der Waals surface area (Å²) in [6.45, 7) is 2.27. The maximum atomic E-state index is 13.7. The smallest absolute Gasteiger partial charge is 0.305 e. The Hall–Kier alpha value is -1.76. The van der Waals surface area contributed by atoms with E-state index in [0.29, 0.717) is 18.7 Å². The van der Waals surface area contributed by atoms with Gasteiger partial charge in [0.05, 0.1) is 12.5 Å². The number of hydrogen-bond donors (Lipinski definition) is 1. The van der Waals surface area contributed by atoms with Gasteiger partial charge in [0.1, 0.15) is 0 Å². The minimum Gasteiger partial charge on any atom is -0.481 e. The fourth-order valence-electron chi connectivity index (χ4n) is 2.50. The first-order valence-electron chi connectivity index (χ1n) is 7.54. The van der Waals surface area contributed by atoms with Gasteiger partial charge in [-0.15, -0.1) is 0 Å². The zero-order valence-electron chi connectivity index (χ0n) is 12.9. The zero-order valence-corrected chi connectivity index (χ0v) is 13.7. The van der Waals surface area contributed by atoms with Crippen molar-refractivity contribution in [3.05, 3.63) is 30.1 Å². The molecule has 0 bridgehead atoms. The van der Waals surface area contributed by atoms with Crippen LogP contribution in [-0.2, 0) is 9.59 Å². The van der Waals surface area contributed by atoms with Crippen LogP contribution in [0.25, 0.3) is 0 Å². The molecule has 1 aromatic rings. The molecule has 1 aromatic carbocycles. The number of benzene rings is 1. The van der Waals surface area contributed by atoms with Crippen molar-refractivity contribution >= 4 is 23.6 Å². The van der Waals surface area contributed by atoms with Crippen molar-refractivity contribution in [2.75, 3.05) is 18.1 Å². The van der Waals surface area contributed by atoms with Crippen LogP contribution >= 0.6 is 11.8 Å². The molecule has 1 fully saturated rings. The molecule has 7 heteroatoms. The van der Waals surface area contributed by atoms with E-state index < -0.39 is 17.9 Å². The van der Waals surface area contributed by atoms with Crippen molar-refractivity contribution in [1.82, 2.24) is 4.90 Å². The number of para-hydroxylation sites is 1. The molecule has 0 saturated carbocycles. The number of carboxylic acid groups (broad SMARTS) is 1. The molecule has 1 N–H and O–H groups in total. The van der Waals surface area contributed by atoms with Gasteiger partial charge < -0.3 is 14.7 Å². The second-order valence-electron chi connectivity index (χ2n) is 5.30. The maximum absolute atomic E-state index is 13.7. The summed E-state index contributed by atoms with van der Waals surface area (Å²) in [7, 11) is 0. The van der Waals surface area contributed by atoms with Crippen molar-refractivity contribution in [2.24, 2.45) is 0 Å². The van der Waals surface area contributed by atoms with Crippen LogP contribution in [0, 0.1) is 5.82 Å². The van der Waals surface area contributed by atoms with Crippen LogP contribution in [-0.4, -0.2) is 52.1 Å². The Balaban J connectivity index is 2.11. The average molecular weight is 341 g/mol. The summed E-state index contributed by atoms with van der Waals surface area (Å²) >= 11 is 1.63. The van der Waals surface area contributed by atoms with Gasteiger partial charge in [-0.1, -0.05) is 19.1 Å². The highest BCUT2D eigenvalue weighted by atomic mass is 32.2. The van der Waals surface area contributed by atoms with E-state index in [4.69, 9.17) is 9.84 Å². The quantitative estimate of drug-likeness (QED) is 0.861. The lowest BCUT2D eigenvalue weighted by atomic mass is 10.1. The standard InChI is InChI=1S/C16H20FNO4S/c1-2-13(22-14-6-4-3-5-12(14)17)16(21)18-7-8-23-10-11(18)9-15(19)20/h3-6,11,13H,2,7-10H2,1H3,(H,19,20). The summed E-state index contributed by atoms with van der Waals surface area (Å²) in [6, 6.07) is 5.59. The van der Waals surface area contributed by atoms with E-state index in [0.717, 1.165) is 5.75 Å². The van der Waals surface area contributed by atoms with Crippen molar-refractivity contribution in [1.29, 1.82) is 0 Å². The highest BCUT2D eigenvalue weighted by molar-refractivity contribution is 7.99. The fourth-order valence-corrected chi connectivity index (χ4v) is 3.56. The summed E-state index contributed by atoms with van der Waals surface area (Å²) in [4.78, 5) is 25.3. The van der Waals surface area contributed by atoms with Crippen LogP contribution in [0.15, 0.2) is 24.3 Å². The first-order valence-corrected chi connectivity index (χ1v) is 8.69. The largest absolute Gasteiger partial charge is 0.481 e. The number of carbonyl (C=O) groups is 2. The van der Waals surface area contributed by atoms with Gasteiger partial charge in [0.2, 0.25) is 0 Å². The molecule has 2 rings (SSSR count). The van der Waals surface area contributed by atoms with Gasteiger partial charge in [-0.3, -0.25) is 9.59 Å². The van der Waals surface area contributed by atoms with Crippen molar-refractivity contribution in [3.8, 4) is 5.75 Å². The average Bonchev–Trinajstić information content (AvgIpc) is 2.53. The Morgan fingerprint density at radius 1 is 1.48 bits per heavy atom. The number of rotatable bonds is 6. The normalized spacial score (nSPS) is 19.2. The summed E-state index contributed by atoms with van der Waals surface area (Å²) < 4.78 is 19.3. The first-order chi connectivity index (χ1) is 11.0. The second-order valence-corrected chi connectivity index (χ2v) is 6.45. The molecule has 0 radical (unpaired) electrons. The molecule has 0 aliphatic carbocycles. The topological polar surface area (TPSA) is 66.8 Å². The van der Waals surface area contributed by atoms with Gasteiger partial charge >= 0.3 is 5.97 Å². The number of halogens is 1. The van der Waals surface area contributed by atoms with Crippen LogP contribution in [0.4, 0.5) is 4.39 Å². The van der Waals surface area contributed by atoms with Crippen LogP contribution in [0.5, 0.6) is 5.75 Å². The molecule has 23 heavy (non-hydrogen) atoms. The van der Waals surface area contributed by atoms with Crippen LogP contribution in [0.2, 0.25) is 0 Å². The van der Waals surface area contributed by atoms with Gasteiger partial charge in [-0.05, 0) is 18.6 Å². The van der Waals surface area contributed by atoms with E-state index in [1.807, 2.05) is 0 Å². The molecule has 1 saturated heterocycles. The third-order valence-electron chi connectivity index (χ3n) is 3.67. The van der Waals surface area contributed by atoms with Gasteiger partial charge in [0, 0.05) is 18.1 Å². The molecule has 0 spiro atoms. The molecule has 1 aliphatic heterocycles. The lowest BCUT2D eigenvalue weighted by molar-refractivity contribution is -0.144. The molecule has 2 atom stereocenters. The number of nitrogens with zero attached hydrogens (tertiary/aromatic N) is 1. The number of carboxylic acids is 1. The van der Waals surface area contributed by atoms with Crippen molar-refractivity contribution < 1.29 is 23.8 Å². The number of carbonyl (C=O) groups excluding carboxylic acids is 1. The third-order valence-corrected chi connectivity index (χ3v) is 4.76. The minimum atomic E-state index is -0.932. The summed E-state index contributed by atoms with van der Waals surface area (Å²) in [5, 5.41) is 9.00. The monoisotopic (exact) mass is 341 g/mol. The van der Waals surface area contributed by atoms with Gasteiger partial charge in [0.15, 0.2) is 17.7 Å². The molecule has 1 amide bonds. The molecule has 0 aromatic heterocycles. The Kier molecular flexibility index (Phi) is 6.27. The van der Waals surface area contributed by atoms with E-state index >= 15 is 0 Å². The number of aliphatic carboxylic acids is 1. The summed E-state index contributed by atoms with van der Waals surface area (Å²) in [6.07, 6.45) is -0.517. The molecular weight excluding hydrogens is 321 g/mol. The van der Waals surface area contributed by atoms with Gasteiger partial charge in [0.25, 0.3) is 5.91 Å². The van der Waals surface area contributed by atoms with E-state index in [1.54, 1.807) is 35.7 Å². The van der Waals surface area contributed by atoms with Crippen molar-refractivity contribution in [2.45, 2.75) is 31.9 Å². The molecule has 5 nitrogen and oxygen atoms in total. The molecule has 1 aliphatic rings. The number of hydrogen-bond acceptors (Lipinski definition) is 4.